The van der Waals surface area contributed by atoms with Crippen molar-refractivity contribution < 1.29 is 13.3 Å². The van der Waals surface area contributed by atoms with Crippen molar-refractivity contribution in [1.29, 1.82) is 0 Å². The van der Waals surface area contributed by atoms with Gasteiger partial charge in [-0.1, -0.05) is 6.08 Å². The number of aliphatic hydroxyl groups excluding tert-OH is 1. The van der Waals surface area contributed by atoms with Crippen molar-refractivity contribution in [2.75, 3.05) is 0 Å². The zero-order valence-electron chi connectivity index (χ0n) is 11.2. The van der Waals surface area contributed by atoms with Gasteiger partial charge in [0.25, 0.3) is 0 Å². The molecule has 1 heterocycles. The molecule has 0 saturated carbocycles. The number of rotatable bonds is 4. The third kappa shape index (κ3) is 4.64. The summed E-state index contributed by atoms with van der Waals surface area (Å²) in [6.07, 6.45) is 1.46. The van der Waals surface area contributed by atoms with E-state index in [1.165, 1.54) is 0 Å². The van der Waals surface area contributed by atoms with Gasteiger partial charge in [0.1, 0.15) is 0 Å². The van der Waals surface area contributed by atoms with Crippen molar-refractivity contribution in [3.8, 4) is 0 Å². The Bertz CT molecular complexity index is 262. The minimum atomic E-state index is -2.27. The molecule has 0 radical (unpaired) electrons. The Hall–Kier alpha value is 0.271. The van der Waals surface area contributed by atoms with E-state index in [2.05, 4.69) is 39.3 Å². The maximum Gasteiger partial charge on any atom is 0.347 e. The highest BCUT2D eigenvalue weighted by Gasteiger charge is 2.46. The summed E-state index contributed by atoms with van der Waals surface area (Å²) in [5.41, 5.74) is 2.04. The molecule has 1 rings (SSSR count). The summed E-state index contributed by atoms with van der Waals surface area (Å²) >= 11 is 0. The lowest BCUT2D eigenvalue weighted by molar-refractivity contribution is 0.236. The zero-order valence-corrected chi connectivity index (χ0v) is 14.2. The second kappa shape index (κ2) is 4.51. The molecule has 0 bridgehead atoms. The SMILES string of the molecule is C[Si](C)(C)O[Si]1(O[Si](C)(C)C)C=CC(O)C1. The molecule has 1 aliphatic heterocycles. The molecule has 3 nitrogen and oxygen atoms in total. The molecule has 1 N–H and O–H groups in total. The number of hydrogen-bond donors (Lipinski definition) is 1. The largest absolute Gasteiger partial charge is 0.434 e. The summed E-state index contributed by atoms with van der Waals surface area (Å²) in [7, 11) is -5.53. The molecule has 0 saturated heterocycles. The van der Waals surface area contributed by atoms with Gasteiger partial charge in [0.05, 0.1) is 6.10 Å². The van der Waals surface area contributed by atoms with Crippen LogP contribution in [-0.4, -0.2) is 36.4 Å². The fourth-order valence-corrected chi connectivity index (χ4v) is 13.3. The van der Waals surface area contributed by atoms with Crippen LogP contribution in [0.1, 0.15) is 0 Å². The molecule has 0 spiro atoms. The minimum Gasteiger partial charge on any atom is -0.434 e. The molecule has 16 heavy (non-hydrogen) atoms. The van der Waals surface area contributed by atoms with Crippen LogP contribution >= 0.6 is 0 Å². The molecular formula is C10H24O3Si3. The third-order valence-electron chi connectivity index (χ3n) is 2.02. The van der Waals surface area contributed by atoms with Gasteiger partial charge in [-0.2, -0.15) is 0 Å². The van der Waals surface area contributed by atoms with Gasteiger partial charge >= 0.3 is 8.56 Å². The first-order chi connectivity index (χ1) is 7.02. The van der Waals surface area contributed by atoms with Crippen LogP contribution < -0.4 is 0 Å². The van der Waals surface area contributed by atoms with Gasteiger partial charge in [0, 0.05) is 6.04 Å². The second-order valence-corrected chi connectivity index (χ2v) is 18.8. The highest BCUT2D eigenvalue weighted by molar-refractivity contribution is 6.91. The van der Waals surface area contributed by atoms with E-state index in [9.17, 15) is 5.11 Å². The topological polar surface area (TPSA) is 38.7 Å². The molecule has 0 aromatic carbocycles. The maximum absolute atomic E-state index is 9.68. The van der Waals surface area contributed by atoms with Gasteiger partial charge < -0.3 is 13.3 Å². The second-order valence-electron chi connectivity index (χ2n) is 6.37. The summed E-state index contributed by atoms with van der Waals surface area (Å²) < 4.78 is 12.6. The van der Waals surface area contributed by atoms with Crippen molar-refractivity contribution in [2.24, 2.45) is 0 Å². The summed E-state index contributed by atoms with van der Waals surface area (Å²) in [5.74, 6) is 0. The van der Waals surface area contributed by atoms with E-state index in [0.717, 1.165) is 0 Å². The Balaban J connectivity index is 2.83. The molecule has 1 atom stereocenters. The smallest absolute Gasteiger partial charge is 0.347 e. The Labute approximate surface area is 102 Å². The first kappa shape index (κ1) is 14.3. The summed E-state index contributed by atoms with van der Waals surface area (Å²) in [4.78, 5) is 0. The van der Waals surface area contributed by atoms with Crippen LogP contribution in [0, 0.1) is 0 Å². The molecule has 94 valence electrons. The molecule has 1 unspecified atom stereocenters. The molecule has 0 amide bonds. The highest BCUT2D eigenvalue weighted by atomic mass is 28.5. The van der Waals surface area contributed by atoms with Gasteiger partial charge in [-0.15, -0.1) is 0 Å². The Morgan fingerprint density at radius 2 is 1.50 bits per heavy atom. The summed E-state index contributed by atoms with van der Waals surface area (Å²) in [5, 5.41) is 9.68. The van der Waals surface area contributed by atoms with Gasteiger partial charge in [-0.3, -0.25) is 0 Å². The molecular weight excluding hydrogens is 252 g/mol. The Morgan fingerprint density at radius 1 is 1.06 bits per heavy atom. The zero-order chi connectivity index (χ0) is 12.6. The fraction of sp³-hybridized carbons (Fsp3) is 0.800. The van der Waals surface area contributed by atoms with Gasteiger partial charge in [0.15, 0.2) is 16.6 Å². The van der Waals surface area contributed by atoms with Gasteiger partial charge in [-0.05, 0) is 45.0 Å². The molecule has 0 aliphatic carbocycles. The fourth-order valence-electron chi connectivity index (χ4n) is 1.89. The lowest BCUT2D eigenvalue weighted by atomic mass is 10.4. The predicted molar refractivity (Wildman–Crippen MR) is 74.6 cm³/mol. The van der Waals surface area contributed by atoms with E-state index in [-0.39, 0.29) is 6.10 Å². The standard InChI is InChI=1S/C10H24O3Si3/c1-14(2,3)12-16(13-15(4,5)6)8-7-10(11)9-16/h7-8,10-11H,9H2,1-6H3. The van der Waals surface area contributed by atoms with E-state index in [1.54, 1.807) is 0 Å². The van der Waals surface area contributed by atoms with Crippen LogP contribution in [0.2, 0.25) is 45.3 Å². The lowest BCUT2D eigenvalue weighted by Crippen LogP contribution is -2.53. The van der Waals surface area contributed by atoms with Crippen molar-refractivity contribution in [3.63, 3.8) is 0 Å². The monoisotopic (exact) mass is 276 g/mol. The molecule has 0 fully saturated rings. The van der Waals surface area contributed by atoms with Crippen LogP contribution in [0.15, 0.2) is 11.8 Å². The number of aliphatic hydroxyl groups is 1. The van der Waals surface area contributed by atoms with Crippen molar-refractivity contribution >= 4 is 25.2 Å². The predicted octanol–water partition coefficient (Wildman–Crippen LogP) is 2.60. The van der Waals surface area contributed by atoms with Crippen LogP contribution in [0.4, 0.5) is 0 Å². The highest BCUT2D eigenvalue weighted by Crippen LogP contribution is 2.31. The Morgan fingerprint density at radius 3 is 1.75 bits per heavy atom. The Kier molecular flexibility index (Phi) is 4.04. The van der Waals surface area contributed by atoms with Gasteiger partial charge in [-0.25, -0.2) is 0 Å². The first-order valence-corrected chi connectivity index (χ1v) is 14.7. The summed E-state index contributed by atoms with van der Waals surface area (Å²) in [6.45, 7) is 13.0. The number of hydrogen-bond acceptors (Lipinski definition) is 3. The molecule has 0 aromatic heterocycles. The van der Waals surface area contributed by atoms with Crippen LogP contribution in [0.3, 0.4) is 0 Å². The van der Waals surface area contributed by atoms with Gasteiger partial charge in [0.2, 0.25) is 0 Å². The molecule has 0 aromatic rings. The maximum atomic E-state index is 9.68. The average Bonchev–Trinajstić information content (AvgIpc) is 2.22. The molecule has 1 aliphatic rings. The summed E-state index contributed by atoms with van der Waals surface area (Å²) in [6, 6.07) is 0.668. The average molecular weight is 277 g/mol. The van der Waals surface area contributed by atoms with E-state index in [1.807, 2.05) is 11.8 Å². The van der Waals surface area contributed by atoms with E-state index < -0.39 is 25.2 Å². The van der Waals surface area contributed by atoms with Crippen LogP contribution in [0.25, 0.3) is 0 Å². The molecule has 6 heteroatoms. The third-order valence-corrected chi connectivity index (χ3v) is 11.4. The normalized spacial score (nSPS) is 25.1. The lowest BCUT2D eigenvalue weighted by Gasteiger charge is -2.37. The first-order valence-electron chi connectivity index (χ1n) is 5.79. The van der Waals surface area contributed by atoms with E-state index >= 15 is 0 Å². The van der Waals surface area contributed by atoms with Crippen LogP contribution in [0.5, 0.6) is 0 Å². The van der Waals surface area contributed by atoms with E-state index in [0.29, 0.717) is 6.04 Å². The van der Waals surface area contributed by atoms with Crippen molar-refractivity contribution in [1.82, 2.24) is 0 Å². The quantitative estimate of drug-likeness (QED) is 0.802. The minimum absolute atomic E-state index is 0.376. The van der Waals surface area contributed by atoms with Crippen molar-refractivity contribution in [2.45, 2.75) is 51.4 Å². The van der Waals surface area contributed by atoms with Crippen LogP contribution in [-0.2, 0) is 8.23 Å². The van der Waals surface area contributed by atoms with E-state index in [4.69, 9.17) is 8.23 Å². The van der Waals surface area contributed by atoms with Crippen molar-refractivity contribution in [3.05, 3.63) is 11.8 Å².